The molecule has 0 atom stereocenters. The summed E-state index contributed by atoms with van der Waals surface area (Å²) >= 11 is 0. The minimum atomic E-state index is -0.504. The summed E-state index contributed by atoms with van der Waals surface area (Å²) in [6.07, 6.45) is 8.71. The number of piperidine rings is 1. The third kappa shape index (κ3) is 3.80. The molecule has 24 heavy (non-hydrogen) atoms. The lowest BCUT2D eigenvalue weighted by molar-refractivity contribution is -0.385. The van der Waals surface area contributed by atoms with E-state index in [2.05, 4.69) is 9.97 Å². The molecule has 0 aliphatic carbocycles. The first-order valence-corrected chi connectivity index (χ1v) is 8.65. The topological polar surface area (TPSA) is 92.5 Å². The zero-order chi connectivity index (χ0) is 16.9. The lowest BCUT2D eigenvalue weighted by Gasteiger charge is -2.33. The number of nitro groups is 1. The number of rotatable bonds is 3. The summed E-state index contributed by atoms with van der Waals surface area (Å²) in [7, 11) is 0. The monoisotopic (exact) mass is 333 g/mol. The van der Waals surface area contributed by atoms with Crippen molar-refractivity contribution in [2.45, 2.75) is 38.5 Å². The van der Waals surface area contributed by atoms with E-state index in [1.165, 1.54) is 25.2 Å². The SMILES string of the molecule is O=C(C1CCN(c2ncc([N+](=O)[O-])cn2)CC1)N1CCCCCC1. The van der Waals surface area contributed by atoms with Crippen LogP contribution in [0.25, 0.3) is 0 Å². The van der Waals surface area contributed by atoms with Crippen LogP contribution in [0.1, 0.15) is 38.5 Å². The zero-order valence-electron chi connectivity index (χ0n) is 13.8. The molecule has 2 saturated heterocycles. The van der Waals surface area contributed by atoms with Gasteiger partial charge >= 0.3 is 5.69 Å². The minimum absolute atomic E-state index is 0.0809. The number of hydrogen-bond donors (Lipinski definition) is 0. The third-order valence-electron chi connectivity index (χ3n) is 4.88. The molecule has 2 aliphatic heterocycles. The Morgan fingerprint density at radius 1 is 1.04 bits per heavy atom. The summed E-state index contributed by atoms with van der Waals surface area (Å²) in [6.45, 7) is 3.21. The first kappa shape index (κ1) is 16.6. The van der Waals surface area contributed by atoms with Gasteiger partial charge in [-0.25, -0.2) is 9.97 Å². The average Bonchev–Trinajstić information content (AvgIpc) is 2.91. The highest BCUT2D eigenvalue weighted by Gasteiger charge is 2.29. The molecule has 1 aromatic rings. The largest absolute Gasteiger partial charge is 0.342 e. The molecule has 0 N–H and O–H groups in total. The number of carbonyl (C=O) groups excluding carboxylic acids is 1. The van der Waals surface area contributed by atoms with Crippen LogP contribution in [-0.4, -0.2) is 51.9 Å². The van der Waals surface area contributed by atoms with Crippen molar-refractivity contribution >= 4 is 17.5 Å². The van der Waals surface area contributed by atoms with Gasteiger partial charge in [0.05, 0.1) is 4.92 Å². The summed E-state index contributed by atoms with van der Waals surface area (Å²) < 4.78 is 0. The van der Waals surface area contributed by atoms with Crippen LogP contribution in [0.5, 0.6) is 0 Å². The number of amides is 1. The maximum Gasteiger partial charge on any atom is 0.305 e. The van der Waals surface area contributed by atoms with E-state index < -0.39 is 4.92 Å². The quantitative estimate of drug-likeness (QED) is 0.620. The van der Waals surface area contributed by atoms with Gasteiger partial charge in [0.1, 0.15) is 12.4 Å². The average molecular weight is 333 g/mol. The molecule has 1 amide bonds. The molecule has 3 rings (SSSR count). The van der Waals surface area contributed by atoms with Crippen LogP contribution in [0.4, 0.5) is 11.6 Å². The Hall–Kier alpha value is -2.25. The Morgan fingerprint density at radius 3 is 2.17 bits per heavy atom. The van der Waals surface area contributed by atoms with Crippen LogP contribution in [0.2, 0.25) is 0 Å². The van der Waals surface area contributed by atoms with Crippen molar-refractivity contribution in [1.29, 1.82) is 0 Å². The molecular formula is C16H23N5O3. The second-order valence-corrected chi connectivity index (χ2v) is 6.50. The van der Waals surface area contributed by atoms with E-state index in [9.17, 15) is 14.9 Å². The summed E-state index contributed by atoms with van der Waals surface area (Å²) in [5, 5.41) is 10.7. The van der Waals surface area contributed by atoms with Crippen molar-refractivity contribution in [3.63, 3.8) is 0 Å². The van der Waals surface area contributed by atoms with E-state index in [0.29, 0.717) is 24.9 Å². The maximum atomic E-state index is 12.7. The molecule has 3 heterocycles. The number of anilines is 1. The fourth-order valence-electron chi connectivity index (χ4n) is 3.45. The second-order valence-electron chi connectivity index (χ2n) is 6.50. The summed E-state index contributed by atoms with van der Waals surface area (Å²) in [5.41, 5.74) is -0.107. The minimum Gasteiger partial charge on any atom is -0.342 e. The molecule has 8 heteroatoms. The fourth-order valence-corrected chi connectivity index (χ4v) is 3.45. The van der Waals surface area contributed by atoms with Crippen LogP contribution in [0.15, 0.2) is 12.4 Å². The number of aromatic nitrogens is 2. The van der Waals surface area contributed by atoms with Gasteiger partial charge in [0.2, 0.25) is 11.9 Å². The highest BCUT2D eigenvalue weighted by Crippen LogP contribution is 2.24. The molecule has 2 aliphatic rings. The van der Waals surface area contributed by atoms with E-state index in [-0.39, 0.29) is 11.6 Å². The normalized spacial score (nSPS) is 19.8. The molecule has 8 nitrogen and oxygen atoms in total. The predicted molar refractivity (Wildman–Crippen MR) is 88.7 cm³/mol. The number of likely N-dealkylation sites (tertiary alicyclic amines) is 1. The van der Waals surface area contributed by atoms with Gasteiger partial charge in [-0.1, -0.05) is 12.8 Å². The van der Waals surface area contributed by atoms with Crippen molar-refractivity contribution < 1.29 is 9.72 Å². The van der Waals surface area contributed by atoms with Crippen LogP contribution in [0, 0.1) is 16.0 Å². The van der Waals surface area contributed by atoms with Gasteiger partial charge < -0.3 is 9.80 Å². The van der Waals surface area contributed by atoms with E-state index in [1.54, 1.807) is 0 Å². The van der Waals surface area contributed by atoms with Gasteiger partial charge in [0.15, 0.2) is 0 Å². The van der Waals surface area contributed by atoms with Crippen molar-refractivity contribution in [1.82, 2.24) is 14.9 Å². The van der Waals surface area contributed by atoms with Crippen molar-refractivity contribution in [2.24, 2.45) is 5.92 Å². The van der Waals surface area contributed by atoms with Gasteiger partial charge in [0, 0.05) is 32.1 Å². The predicted octanol–water partition coefficient (Wildman–Crippen LogP) is 2.00. The van der Waals surface area contributed by atoms with Crippen LogP contribution in [-0.2, 0) is 4.79 Å². The molecule has 0 unspecified atom stereocenters. The molecule has 0 bridgehead atoms. The first-order chi connectivity index (χ1) is 11.6. The van der Waals surface area contributed by atoms with E-state index in [4.69, 9.17) is 0 Å². The van der Waals surface area contributed by atoms with Gasteiger partial charge in [0.25, 0.3) is 0 Å². The Labute approximate surface area is 141 Å². The second kappa shape index (κ2) is 7.55. The summed E-state index contributed by atoms with van der Waals surface area (Å²) in [5.74, 6) is 0.875. The molecule has 1 aromatic heterocycles. The lowest BCUT2D eigenvalue weighted by atomic mass is 9.95. The Balaban J connectivity index is 1.55. The molecule has 0 radical (unpaired) electrons. The highest BCUT2D eigenvalue weighted by molar-refractivity contribution is 5.79. The van der Waals surface area contributed by atoms with Gasteiger partial charge in [-0.2, -0.15) is 0 Å². The molecule has 0 spiro atoms. The molecule has 2 fully saturated rings. The van der Waals surface area contributed by atoms with Gasteiger partial charge in [-0.05, 0) is 25.7 Å². The Morgan fingerprint density at radius 2 is 1.62 bits per heavy atom. The maximum absolute atomic E-state index is 12.7. The number of nitrogens with zero attached hydrogens (tertiary/aromatic N) is 5. The Bertz CT molecular complexity index is 576. The van der Waals surface area contributed by atoms with E-state index >= 15 is 0 Å². The van der Waals surface area contributed by atoms with Crippen LogP contribution in [0.3, 0.4) is 0 Å². The van der Waals surface area contributed by atoms with E-state index in [0.717, 1.165) is 38.8 Å². The lowest BCUT2D eigenvalue weighted by Crippen LogP contribution is -2.43. The van der Waals surface area contributed by atoms with Crippen molar-refractivity contribution in [3.8, 4) is 0 Å². The fraction of sp³-hybridized carbons (Fsp3) is 0.688. The smallest absolute Gasteiger partial charge is 0.305 e. The van der Waals surface area contributed by atoms with Gasteiger partial charge in [-0.15, -0.1) is 0 Å². The Kier molecular flexibility index (Phi) is 5.22. The molecular weight excluding hydrogens is 310 g/mol. The summed E-state index contributed by atoms with van der Waals surface area (Å²) in [4.78, 5) is 35.0. The van der Waals surface area contributed by atoms with E-state index in [1.807, 2.05) is 9.80 Å². The van der Waals surface area contributed by atoms with Crippen LogP contribution >= 0.6 is 0 Å². The number of carbonyl (C=O) groups is 1. The summed E-state index contributed by atoms with van der Waals surface area (Å²) in [6, 6.07) is 0. The van der Waals surface area contributed by atoms with Crippen LogP contribution < -0.4 is 4.90 Å². The number of hydrogen-bond acceptors (Lipinski definition) is 6. The highest BCUT2D eigenvalue weighted by atomic mass is 16.6. The third-order valence-corrected chi connectivity index (χ3v) is 4.88. The first-order valence-electron chi connectivity index (χ1n) is 8.65. The van der Waals surface area contributed by atoms with Crippen molar-refractivity contribution in [2.75, 3.05) is 31.1 Å². The van der Waals surface area contributed by atoms with Crippen molar-refractivity contribution in [3.05, 3.63) is 22.5 Å². The standard InChI is InChI=1S/C16H23N5O3/c22-15(19-7-3-1-2-4-8-19)13-5-9-20(10-6-13)16-17-11-14(12-18-16)21(23)24/h11-13H,1-10H2. The molecule has 130 valence electrons. The molecule has 0 saturated carbocycles. The molecule has 0 aromatic carbocycles. The van der Waals surface area contributed by atoms with Gasteiger partial charge in [-0.3, -0.25) is 14.9 Å². The zero-order valence-corrected chi connectivity index (χ0v) is 13.8.